The van der Waals surface area contributed by atoms with Crippen LogP contribution < -0.4 is 27.2 Å². The quantitative estimate of drug-likeness (QED) is 0.0418. The Bertz CT molecular complexity index is 3010. The predicted molar refractivity (Wildman–Crippen MR) is 267 cm³/mol. The number of aromatic nitrogens is 2. The summed E-state index contributed by atoms with van der Waals surface area (Å²) in [6.07, 6.45) is -1.38. The molecule has 0 spiro atoms. The molecule has 4 aromatic carbocycles. The van der Waals surface area contributed by atoms with Gasteiger partial charge in [0, 0.05) is 65.2 Å². The number of alkyl halides is 3. The van der Waals surface area contributed by atoms with Crippen LogP contribution in [0.25, 0.3) is 22.0 Å². The summed E-state index contributed by atoms with van der Waals surface area (Å²) in [5, 5.41) is 26.3. The zero-order valence-electron chi connectivity index (χ0n) is 41.1. The number of amides is 1. The smallest absolute Gasteiger partial charge is 0.417 e. The summed E-state index contributed by atoms with van der Waals surface area (Å²) in [5.41, 5.74) is 0.363. The number of methoxy groups -OCH3 is 1. The third-order valence-corrected chi connectivity index (χ3v) is 11.0. The van der Waals surface area contributed by atoms with E-state index in [0.29, 0.717) is 19.5 Å². The minimum absolute atomic E-state index is 0.00539. The molecule has 7 N–H and O–H groups in total. The van der Waals surface area contributed by atoms with Gasteiger partial charge in [-0.25, -0.2) is 40.7 Å². The van der Waals surface area contributed by atoms with Crippen molar-refractivity contribution in [1.82, 2.24) is 14.9 Å². The first-order valence-corrected chi connectivity index (χ1v) is 23.4. The first kappa shape index (κ1) is 61.8. The number of carboxylic acids is 2. The second kappa shape index (κ2) is 28.3. The molecule has 404 valence electrons. The molecule has 75 heavy (non-hydrogen) atoms. The SMILES string of the molecule is CCCN.CCCNc1cc(F)c(C(=O)NC(Cc2ccc(-c3c(C(F)(F)F)cc(C)n(C)c3=O)c3ncccc23)C(=O)O)c(F)c1.CCCNc1cc(F)c(C(=O)O)c(F)c1.COC(=O)c1c(F)cc(Br)cc1F. The van der Waals surface area contributed by atoms with Crippen molar-refractivity contribution in [3.63, 3.8) is 0 Å². The Morgan fingerprint density at radius 3 is 1.71 bits per heavy atom. The molecule has 2 aromatic heterocycles. The van der Waals surface area contributed by atoms with E-state index in [9.17, 15) is 68.6 Å². The number of nitrogens with zero attached hydrogens (tertiary/aromatic N) is 2. The summed E-state index contributed by atoms with van der Waals surface area (Å²) in [6, 6.07) is 10.5. The van der Waals surface area contributed by atoms with Crippen molar-refractivity contribution in [3.05, 3.63) is 156 Å². The number of hydrogen-bond donors (Lipinski definition) is 6. The molecule has 14 nitrogen and oxygen atoms in total. The van der Waals surface area contributed by atoms with Crippen molar-refractivity contribution in [2.75, 3.05) is 37.4 Å². The number of halogens is 10. The molecule has 2 heterocycles. The number of aromatic carboxylic acids is 1. The normalized spacial score (nSPS) is 11.2. The van der Waals surface area contributed by atoms with E-state index >= 15 is 0 Å². The molecule has 0 aliphatic heterocycles. The topological polar surface area (TPSA) is 215 Å². The van der Waals surface area contributed by atoms with Crippen molar-refractivity contribution in [3.8, 4) is 11.1 Å². The van der Waals surface area contributed by atoms with E-state index in [1.54, 1.807) is 0 Å². The number of benzene rings is 4. The van der Waals surface area contributed by atoms with Gasteiger partial charge in [0.05, 0.1) is 23.8 Å². The first-order chi connectivity index (χ1) is 35.3. The Kier molecular flexibility index (Phi) is 23.3. The average molecular weight is 1130 g/mol. The van der Waals surface area contributed by atoms with Crippen LogP contribution in [0.5, 0.6) is 0 Å². The van der Waals surface area contributed by atoms with Gasteiger partial charge in [-0.1, -0.05) is 54.9 Å². The number of esters is 1. The molecule has 6 rings (SSSR count). The van der Waals surface area contributed by atoms with Crippen LogP contribution in [0.3, 0.4) is 0 Å². The van der Waals surface area contributed by atoms with Gasteiger partial charge in [-0.3, -0.25) is 14.6 Å². The third kappa shape index (κ3) is 16.5. The van der Waals surface area contributed by atoms with Crippen LogP contribution in [-0.2, 0) is 29.2 Å². The molecule has 1 atom stereocenters. The maximum absolute atomic E-state index is 14.7. The summed E-state index contributed by atoms with van der Waals surface area (Å²) in [7, 11) is 2.40. The summed E-state index contributed by atoms with van der Waals surface area (Å²) < 4.78 is 129. The second-order valence-corrected chi connectivity index (χ2v) is 16.9. The number of carbonyl (C=O) groups excluding carboxylic acids is 2. The lowest BCUT2D eigenvalue weighted by Gasteiger charge is -2.19. The Hall–Kier alpha value is -7.47. The van der Waals surface area contributed by atoms with Crippen molar-refractivity contribution in [1.29, 1.82) is 0 Å². The molecule has 0 aliphatic carbocycles. The molecule has 0 aliphatic rings. The number of fused-ring (bicyclic) bond motifs is 1. The molecular formula is C51H52BrF9N6O8. The summed E-state index contributed by atoms with van der Waals surface area (Å²) in [4.78, 5) is 63.5. The number of carbonyl (C=O) groups is 4. The van der Waals surface area contributed by atoms with E-state index in [4.69, 9.17) is 10.8 Å². The minimum Gasteiger partial charge on any atom is -0.480 e. The summed E-state index contributed by atoms with van der Waals surface area (Å²) in [5.74, 6) is -11.9. The number of nitrogens with one attached hydrogen (secondary N) is 3. The Morgan fingerprint density at radius 1 is 0.773 bits per heavy atom. The van der Waals surface area contributed by atoms with Gasteiger partial charge in [-0.2, -0.15) is 13.2 Å². The van der Waals surface area contributed by atoms with Gasteiger partial charge in [-0.05, 0) is 86.8 Å². The highest BCUT2D eigenvalue weighted by Crippen LogP contribution is 2.38. The van der Waals surface area contributed by atoms with Crippen LogP contribution in [0.15, 0.2) is 82.2 Å². The Morgan fingerprint density at radius 2 is 1.27 bits per heavy atom. The molecule has 24 heteroatoms. The van der Waals surface area contributed by atoms with Crippen molar-refractivity contribution in [2.24, 2.45) is 12.8 Å². The average Bonchev–Trinajstić information content (AvgIpc) is 3.33. The number of anilines is 2. The van der Waals surface area contributed by atoms with Crippen LogP contribution in [0.4, 0.5) is 50.9 Å². The molecule has 6 aromatic rings. The fraction of sp³-hybridized carbons (Fsp3) is 0.294. The third-order valence-electron chi connectivity index (χ3n) is 10.5. The molecule has 0 radical (unpaired) electrons. The number of hydrogen-bond acceptors (Lipinski definition) is 10. The van der Waals surface area contributed by atoms with E-state index in [2.05, 4.69) is 48.5 Å². The molecule has 0 saturated carbocycles. The number of aliphatic carboxylic acids is 1. The molecule has 1 amide bonds. The zero-order chi connectivity index (χ0) is 56.5. The second-order valence-electron chi connectivity index (χ2n) is 16.0. The van der Waals surface area contributed by atoms with Crippen LogP contribution in [-0.4, -0.2) is 76.4 Å². The number of pyridine rings is 2. The standard InChI is InChI=1S/C30H27F5N4O4.C10H11F2NO2.C8H5BrF2O2.C3H9N/c1-4-9-36-17-13-21(31)25(22(32)14-17)27(40)38-23(29(42)43)12-16-7-8-19(26-18(16)6-5-10-37-26)24-20(30(33,34)35)11-15(2)39(3)28(24)41;1-2-3-13-6-4-7(11)9(10(14)15)8(12)5-6;1-13-8(12)7-5(10)2-4(9)3-6(7)11;1-2-3-4/h5-8,10-11,13-14,23,36H,4,9,12H2,1-3H3,(H,38,40)(H,42,43);4-5,13H,2-3H2,1H3,(H,14,15);2-3H,1H3;2-4H2,1H3. The van der Waals surface area contributed by atoms with Crippen LogP contribution in [0, 0.1) is 41.8 Å². The molecule has 1 unspecified atom stereocenters. The highest BCUT2D eigenvalue weighted by molar-refractivity contribution is 9.10. The van der Waals surface area contributed by atoms with Gasteiger partial charge in [0.15, 0.2) is 0 Å². The van der Waals surface area contributed by atoms with Crippen molar-refractivity contribution >= 4 is 62.0 Å². The van der Waals surface area contributed by atoms with Crippen LogP contribution >= 0.6 is 15.9 Å². The van der Waals surface area contributed by atoms with Gasteiger partial charge >= 0.3 is 24.1 Å². The predicted octanol–water partition coefficient (Wildman–Crippen LogP) is 10.8. The molecule has 0 saturated heterocycles. The number of nitrogens with two attached hydrogens (primary N) is 1. The maximum atomic E-state index is 14.7. The van der Waals surface area contributed by atoms with Crippen LogP contribution in [0.2, 0.25) is 0 Å². The zero-order valence-corrected chi connectivity index (χ0v) is 42.6. The minimum atomic E-state index is -4.86. The van der Waals surface area contributed by atoms with Crippen molar-refractivity contribution < 1.29 is 73.6 Å². The number of ether oxygens (including phenoxy) is 1. The lowest BCUT2D eigenvalue weighted by atomic mass is 9.93. The van der Waals surface area contributed by atoms with E-state index in [-0.39, 0.29) is 43.6 Å². The Balaban J connectivity index is 0.000000373. The fourth-order valence-corrected chi connectivity index (χ4v) is 7.12. The molecule has 0 bridgehead atoms. The molecule has 0 fully saturated rings. The first-order valence-electron chi connectivity index (χ1n) is 22.6. The van der Waals surface area contributed by atoms with Gasteiger partial charge in [0.25, 0.3) is 11.5 Å². The highest BCUT2D eigenvalue weighted by atomic mass is 79.9. The fourth-order valence-electron chi connectivity index (χ4n) is 6.72. The summed E-state index contributed by atoms with van der Waals surface area (Å²) in [6.45, 7) is 9.01. The number of rotatable bonds is 15. The van der Waals surface area contributed by atoms with E-state index in [1.165, 1.54) is 44.4 Å². The van der Waals surface area contributed by atoms with E-state index in [1.807, 2.05) is 13.8 Å². The van der Waals surface area contributed by atoms with Crippen molar-refractivity contribution in [2.45, 2.75) is 65.6 Å². The van der Waals surface area contributed by atoms with E-state index in [0.717, 1.165) is 73.5 Å². The van der Waals surface area contributed by atoms with E-state index < -0.39 is 111 Å². The summed E-state index contributed by atoms with van der Waals surface area (Å²) >= 11 is 2.89. The largest absolute Gasteiger partial charge is 0.480 e. The maximum Gasteiger partial charge on any atom is 0.417 e. The van der Waals surface area contributed by atoms with Crippen LogP contribution in [0.1, 0.15) is 87.9 Å². The lowest BCUT2D eigenvalue weighted by Crippen LogP contribution is -2.43. The van der Waals surface area contributed by atoms with Gasteiger partial charge in [-0.15, -0.1) is 0 Å². The van der Waals surface area contributed by atoms with Gasteiger partial charge in [0.1, 0.15) is 57.6 Å². The number of aryl methyl sites for hydroxylation is 1. The lowest BCUT2D eigenvalue weighted by molar-refractivity contribution is -0.139. The molecular weight excluding hydrogens is 1080 g/mol. The highest BCUT2D eigenvalue weighted by Gasteiger charge is 2.37. The van der Waals surface area contributed by atoms with Gasteiger partial charge < -0.3 is 41.2 Å². The Labute approximate surface area is 432 Å². The number of carboxylic acid groups (broad SMARTS) is 2. The van der Waals surface area contributed by atoms with Gasteiger partial charge in [0.2, 0.25) is 0 Å². The monoisotopic (exact) mass is 1130 g/mol.